The van der Waals surface area contributed by atoms with Gasteiger partial charge < -0.3 is 15.4 Å². The van der Waals surface area contributed by atoms with E-state index in [1.807, 2.05) is 12.1 Å². The van der Waals surface area contributed by atoms with E-state index in [1.165, 1.54) is 5.56 Å². The number of fused-ring (bicyclic) bond motifs is 1. The molecule has 1 fully saturated rings. The second-order valence-electron chi connectivity index (χ2n) is 7.27. The Hall–Kier alpha value is -2.61. The lowest BCUT2D eigenvalue weighted by atomic mass is 10.2. The molecule has 2 aromatic carbocycles. The van der Waals surface area contributed by atoms with Gasteiger partial charge in [-0.3, -0.25) is 19.4 Å². The molecule has 2 N–H and O–H groups in total. The van der Waals surface area contributed by atoms with Gasteiger partial charge in [-0.25, -0.2) is 0 Å². The molecule has 2 amide bonds. The molecule has 2 aliphatic heterocycles. The van der Waals surface area contributed by atoms with Gasteiger partial charge in [0.1, 0.15) is 5.75 Å². The monoisotopic (exact) mass is 414 g/mol. The predicted octanol–water partition coefficient (Wildman–Crippen LogP) is 2.43. The molecule has 2 aromatic rings. The minimum absolute atomic E-state index is 0.00923. The third-order valence-corrected chi connectivity index (χ3v) is 5.30. The highest BCUT2D eigenvalue weighted by atomic mass is 35.5. The second-order valence-corrected chi connectivity index (χ2v) is 7.71. The number of rotatable bonds is 5. The van der Waals surface area contributed by atoms with E-state index in [0.717, 1.165) is 37.7 Å². The standard InChI is InChI=1S/C21H23ClN4O3/c22-16-3-1-15(2-4-16)12-25-7-9-26(10-8-25)13-20(27)23-17-5-6-18-19(11-17)29-14-21(28)24-18/h1-6,11H,7-10,12-14H2,(H,23,27)(H,24,28). The molecule has 0 aromatic heterocycles. The lowest BCUT2D eigenvalue weighted by Crippen LogP contribution is -2.48. The van der Waals surface area contributed by atoms with Gasteiger partial charge in [-0.1, -0.05) is 23.7 Å². The molecule has 0 radical (unpaired) electrons. The number of hydrogen-bond donors (Lipinski definition) is 2. The molecule has 7 nitrogen and oxygen atoms in total. The summed E-state index contributed by atoms with van der Waals surface area (Å²) in [6, 6.07) is 13.2. The van der Waals surface area contributed by atoms with Crippen molar-refractivity contribution in [2.24, 2.45) is 0 Å². The summed E-state index contributed by atoms with van der Waals surface area (Å²) < 4.78 is 5.39. The summed E-state index contributed by atoms with van der Waals surface area (Å²) in [7, 11) is 0. The molecule has 29 heavy (non-hydrogen) atoms. The van der Waals surface area contributed by atoms with Crippen molar-refractivity contribution in [1.82, 2.24) is 9.80 Å². The number of carbonyl (C=O) groups excluding carboxylic acids is 2. The first-order chi connectivity index (χ1) is 14.0. The fraction of sp³-hybridized carbons (Fsp3) is 0.333. The van der Waals surface area contributed by atoms with E-state index in [-0.39, 0.29) is 18.4 Å². The van der Waals surface area contributed by atoms with Gasteiger partial charge in [0.2, 0.25) is 5.91 Å². The number of amides is 2. The molecular weight excluding hydrogens is 392 g/mol. The highest BCUT2D eigenvalue weighted by molar-refractivity contribution is 6.30. The Morgan fingerprint density at radius 2 is 1.79 bits per heavy atom. The molecule has 0 bridgehead atoms. The molecule has 4 rings (SSSR count). The number of nitrogens with zero attached hydrogens (tertiary/aromatic N) is 2. The zero-order chi connectivity index (χ0) is 20.2. The van der Waals surface area contributed by atoms with Crippen LogP contribution in [0.3, 0.4) is 0 Å². The Kier molecular flexibility index (Phi) is 5.99. The number of halogens is 1. The highest BCUT2D eigenvalue weighted by Crippen LogP contribution is 2.30. The number of carbonyl (C=O) groups is 2. The van der Waals surface area contributed by atoms with Crippen LogP contribution in [0, 0.1) is 0 Å². The van der Waals surface area contributed by atoms with E-state index in [9.17, 15) is 9.59 Å². The zero-order valence-corrected chi connectivity index (χ0v) is 16.7. The normalized spacial score (nSPS) is 17.2. The molecule has 8 heteroatoms. The number of hydrogen-bond acceptors (Lipinski definition) is 5. The summed E-state index contributed by atoms with van der Waals surface area (Å²) >= 11 is 5.94. The number of benzene rings is 2. The first-order valence-corrected chi connectivity index (χ1v) is 9.99. The van der Waals surface area contributed by atoms with Crippen molar-refractivity contribution in [1.29, 1.82) is 0 Å². The van der Waals surface area contributed by atoms with Crippen LogP contribution in [-0.2, 0) is 16.1 Å². The number of piperazine rings is 1. The van der Waals surface area contributed by atoms with E-state index < -0.39 is 0 Å². The summed E-state index contributed by atoms with van der Waals surface area (Å²) in [6.45, 7) is 4.77. The van der Waals surface area contributed by atoms with Gasteiger partial charge in [-0.05, 0) is 29.8 Å². The Morgan fingerprint density at radius 1 is 1.07 bits per heavy atom. The average molecular weight is 415 g/mol. The third kappa shape index (κ3) is 5.26. The fourth-order valence-corrected chi connectivity index (χ4v) is 3.64. The van der Waals surface area contributed by atoms with E-state index in [2.05, 4.69) is 32.6 Å². The van der Waals surface area contributed by atoms with Gasteiger partial charge in [0.25, 0.3) is 5.91 Å². The van der Waals surface area contributed by atoms with Crippen molar-refractivity contribution in [3.05, 3.63) is 53.1 Å². The van der Waals surface area contributed by atoms with Gasteiger partial charge in [0.05, 0.1) is 12.2 Å². The van der Waals surface area contributed by atoms with Crippen LogP contribution in [0.2, 0.25) is 5.02 Å². The second kappa shape index (κ2) is 8.82. The summed E-state index contributed by atoms with van der Waals surface area (Å²) in [5.41, 5.74) is 2.52. The van der Waals surface area contributed by atoms with Crippen molar-refractivity contribution in [3.8, 4) is 5.75 Å². The topological polar surface area (TPSA) is 73.9 Å². The van der Waals surface area contributed by atoms with Crippen LogP contribution in [-0.4, -0.2) is 60.9 Å². The summed E-state index contributed by atoms with van der Waals surface area (Å²) in [4.78, 5) is 28.3. The molecule has 0 aliphatic carbocycles. The van der Waals surface area contributed by atoms with Gasteiger partial charge in [0, 0.05) is 49.5 Å². The Balaban J connectivity index is 1.24. The van der Waals surface area contributed by atoms with Crippen LogP contribution in [0.15, 0.2) is 42.5 Å². The highest BCUT2D eigenvalue weighted by Gasteiger charge is 2.20. The van der Waals surface area contributed by atoms with Crippen LogP contribution in [0.25, 0.3) is 0 Å². The van der Waals surface area contributed by atoms with E-state index in [1.54, 1.807) is 18.2 Å². The van der Waals surface area contributed by atoms with Crippen LogP contribution in [0.5, 0.6) is 5.75 Å². The first kappa shape index (κ1) is 19.7. The molecule has 0 atom stereocenters. The number of ether oxygens (including phenoxy) is 1. The van der Waals surface area contributed by atoms with Gasteiger partial charge in [-0.2, -0.15) is 0 Å². The number of anilines is 2. The molecule has 152 valence electrons. The summed E-state index contributed by atoms with van der Waals surface area (Å²) in [5, 5.41) is 6.39. The third-order valence-electron chi connectivity index (χ3n) is 5.05. The quantitative estimate of drug-likeness (QED) is 0.786. The van der Waals surface area contributed by atoms with Gasteiger partial charge in [-0.15, -0.1) is 0 Å². The minimum Gasteiger partial charge on any atom is -0.482 e. The summed E-state index contributed by atoms with van der Waals surface area (Å²) in [6.07, 6.45) is 0. The summed E-state index contributed by atoms with van der Waals surface area (Å²) in [5.74, 6) is 0.332. The lowest BCUT2D eigenvalue weighted by molar-refractivity contribution is -0.119. The maximum Gasteiger partial charge on any atom is 0.262 e. The largest absolute Gasteiger partial charge is 0.482 e. The van der Waals surface area contributed by atoms with Crippen LogP contribution in [0.1, 0.15) is 5.56 Å². The fourth-order valence-electron chi connectivity index (χ4n) is 3.51. The lowest BCUT2D eigenvalue weighted by Gasteiger charge is -2.34. The van der Waals surface area contributed by atoms with Crippen LogP contribution >= 0.6 is 11.6 Å². The smallest absolute Gasteiger partial charge is 0.262 e. The molecule has 0 saturated carbocycles. The van der Waals surface area contributed by atoms with Gasteiger partial charge >= 0.3 is 0 Å². The SMILES string of the molecule is O=C(CN1CCN(Cc2ccc(Cl)cc2)CC1)Nc1ccc2c(c1)OCC(=O)N2. The van der Waals surface area contributed by atoms with E-state index in [0.29, 0.717) is 23.7 Å². The predicted molar refractivity (Wildman–Crippen MR) is 112 cm³/mol. The van der Waals surface area contributed by atoms with Crippen molar-refractivity contribution in [2.75, 3.05) is 50.0 Å². The Labute approximate surface area is 174 Å². The van der Waals surface area contributed by atoms with Crippen molar-refractivity contribution >= 4 is 34.8 Å². The van der Waals surface area contributed by atoms with E-state index in [4.69, 9.17) is 16.3 Å². The van der Waals surface area contributed by atoms with Crippen molar-refractivity contribution < 1.29 is 14.3 Å². The van der Waals surface area contributed by atoms with E-state index >= 15 is 0 Å². The van der Waals surface area contributed by atoms with Crippen LogP contribution < -0.4 is 15.4 Å². The first-order valence-electron chi connectivity index (χ1n) is 9.61. The van der Waals surface area contributed by atoms with Gasteiger partial charge in [0.15, 0.2) is 6.61 Å². The maximum atomic E-state index is 12.4. The molecule has 2 heterocycles. The molecular formula is C21H23ClN4O3. The Morgan fingerprint density at radius 3 is 2.55 bits per heavy atom. The average Bonchev–Trinajstić information content (AvgIpc) is 2.71. The van der Waals surface area contributed by atoms with Crippen molar-refractivity contribution in [3.63, 3.8) is 0 Å². The minimum atomic E-state index is -0.176. The Bertz CT molecular complexity index is 895. The number of nitrogens with one attached hydrogen (secondary N) is 2. The molecule has 2 aliphatic rings. The molecule has 0 unspecified atom stereocenters. The molecule has 1 saturated heterocycles. The van der Waals surface area contributed by atoms with Crippen LogP contribution in [0.4, 0.5) is 11.4 Å². The maximum absolute atomic E-state index is 12.4. The van der Waals surface area contributed by atoms with Crippen molar-refractivity contribution in [2.45, 2.75) is 6.54 Å². The zero-order valence-electron chi connectivity index (χ0n) is 16.0. The molecule has 0 spiro atoms.